The molecular weight excluding hydrogens is 367 g/mol. The molecule has 132 valence electrons. The predicted octanol–water partition coefficient (Wildman–Crippen LogP) is 3.35. The number of rotatable bonds is 5. The van der Waals surface area contributed by atoms with Crippen LogP contribution < -0.4 is 10.1 Å². The van der Waals surface area contributed by atoms with Crippen LogP contribution in [0.5, 0.6) is 5.88 Å². The van der Waals surface area contributed by atoms with Crippen molar-refractivity contribution in [2.75, 3.05) is 11.9 Å². The maximum atomic E-state index is 13.1. The summed E-state index contributed by atoms with van der Waals surface area (Å²) in [5, 5.41) is 13.6. The highest BCUT2D eigenvalue weighted by Gasteiger charge is 2.12. The molecule has 1 N–H and O–H groups in total. The van der Waals surface area contributed by atoms with Gasteiger partial charge in [0.1, 0.15) is 12.1 Å². The highest BCUT2D eigenvalue weighted by atomic mass is 35.5. The Labute approximate surface area is 150 Å². The largest absolute Gasteiger partial charge is 0.467 e. The minimum absolute atomic E-state index is 0.109. The number of carbonyl (C=O) groups excluding carboxylic acids is 1. The van der Waals surface area contributed by atoms with Crippen LogP contribution in [0.15, 0.2) is 42.7 Å². The Morgan fingerprint density at radius 3 is 2.81 bits per heavy atom. The molecule has 1 aromatic heterocycles. The SMILES string of the molecule is O=C(COc1ncnc2cc([N+](=O)[O-])ccc12)Nc1ccc(F)c(Cl)c1. The van der Waals surface area contributed by atoms with Crippen LogP contribution in [0.3, 0.4) is 0 Å². The number of halogens is 2. The van der Waals surface area contributed by atoms with Crippen LogP contribution in [-0.4, -0.2) is 27.4 Å². The summed E-state index contributed by atoms with van der Waals surface area (Å²) in [6.45, 7) is -0.377. The van der Waals surface area contributed by atoms with Crippen molar-refractivity contribution in [2.45, 2.75) is 0 Å². The van der Waals surface area contributed by atoms with Gasteiger partial charge in [-0.3, -0.25) is 14.9 Å². The molecule has 0 aliphatic carbocycles. The van der Waals surface area contributed by atoms with E-state index in [0.717, 1.165) is 6.07 Å². The van der Waals surface area contributed by atoms with Gasteiger partial charge >= 0.3 is 0 Å². The first-order chi connectivity index (χ1) is 12.4. The number of hydrogen-bond donors (Lipinski definition) is 1. The number of benzene rings is 2. The normalized spacial score (nSPS) is 10.5. The third kappa shape index (κ3) is 3.83. The quantitative estimate of drug-likeness (QED) is 0.540. The van der Waals surface area contributed by atoms with Crippen molar-refractivity contribution in [3.05, 3.63) is 63.7 Å². The average molecular weight is 377 g/mol. The number of aromatic nitrogens is 2. The fraction of sp³-hybridized carbons (Fsp3) is 0.0625. The van der Waals surface area contributed by atoms with Crippen LogP contribution in [0.2, 0.25) is 5.02 Å². The van der Waals surface area contributed by atoms with E-state index < -0.39 is 16.6 Å². The molecule has 1 heterocycles. The Morgan fingerprint density at radius 2 is 2.08 bits per heavy atom. The number of fused-ring (bicyclic) bond motifs is 1. The highest BCUT2D eigenvalue weighted by molar-refractivity contribution is 6.31. The van der Waals surface area contributed by atoms with Crippen LogP contribution in [-0.2, 0) is 4.79 Å². The minimum atomic E-state index is -0.595. The highest BCUT2D eigenvalue weighted by Crippen LogP contribution is 2.25. The first kappa shape index (κ1) is 17.5. The molecule has 0 bridgehead atoms. The summed E-state index contributed by atoms with van der Waals surface area (Å²) in [5.41, 5.74) is 0.510. The van der Waals surface area contributed by atoms with Gasteiger partial charge in [0, 0.05) is 17.8 Å². The molecule has 0 aliphatic rings. The van der Waals surface area contributed by atoms with E-state index in [0.29, 0.717) is 16.6 Å². The van der Waals surface area contributed by atoms with E-state index in [1.54, 1.807) is 0 Å². The van der Waals surface area contributed by atoms with E-state index in [9.17, 15) is 19.3 Å². The van der Waals surface area contributed by atoms with E-state index in [1.165, 1.54) is 36.7 Å². The molecule has 0 saturated heterocycles. The van der Waals surface area contributed by atoms with Crippen molar-refractivity contribution in [3.63, 3.8) is 0 Å². The van der Waals surface area contributed by atoms with E-state index in [-0.39, 0.29) is 23.2 Å². The van der Waals surface area contributed by atoms with Crippen molar-refractivity contribution in [1.29, 1.82) is 0 Å². The van der Waals surface area contributed by atoms with Gasteiger partial charge in [-0.15, -0.1) is 0 Å². The predicted molar refractivity (Wildman–Crippen MR) is 91.7 cm³/mol. The zero-order valence-electron chi connectivity index (χ0n) is 13.0. The molecule has 8 nitrogen and oxygen atoms in total. The van der Waals surface area contributed by atoms with E-state index in [1.807, 2.05) is 0 Å². The fourth-order valence-electron chi connectivity index (χ4n) is 2.15. The lowest BCUT2D eigenvalue weighted by Crippen LogP contribution is -2.20. The third-order valence-corrected chi connectivity index (χ3v) is 3.63. The standard InChI is InChI=1S/C16H10ClFN4O4/c17-12-5-9(1-4-13(12)18)21-15(23)7-26-16-11-3-2-10(22(24)25)6-14(11)19-8-20-16/h1-6,8H,7H2,(H,21,23). The molecule has 0 atom stereocenters. The molecule has 10 heteroatoms. The number of anilines is 1. The second kappa shape index (κ2) is 7.28. The van der Waals surface area contributed by atoms with E-state index in [2.05, 4.69) is 15.3 Å². The topological polar surface area (TPSA) is 107 Å². The van der Waals surface area contributed by atoms with Gasteiger partial charge in [-0.05, 0) is 24.3 Å². The lowest BCUT2D eigenvalue weighted by atomic mass is 10.2. The Balaban J connectivity index is 1.71. The summed E-state index contributed by atoms with van der Waals surface area (Å²) < 4.78 is 18.5. The van der Waals surface area contributed by atoms with Gasteiger partial charge < -0.3 is 10.1 Å². The third-order valence-electron chi connectivity index (χ3n) is 3.34. The van der Waals surface area contributed by atoms with Crippen LogP contribution in [0.1, 0.15) is 0 Å². The first-order valence-electron chi connectivity index (χ1n) is 7.21. The Hall–Kier alpha value is -3.33. The van der Waals surface area contributed by atoms with Gasteiger partial charge in [0.05, 0.1) is 20.8 Å². The van der Waals surface area contributed by atoms with Crippen molar-refractivity contribution >= 4 is 39.8 Å². The molecule has 3 rings (SSSR count). The number of carbonyl (C=O) groups is 1. The molecule has 0 saturated carbocycles. The smallest absolute Gasteiger partial charge is 0.271 e. The van der Waals surface area contributed by atoms with Crippen molar-refractivity contribution < 1.29 is 18.8 Å². The summed E-state index contributed by atoms with van der Waals surface area (Å²) in [6, 6.07) is 7.78. The summed E-state index contributed by atoms with van der Waals surface area (Å²) in [5.74, 6) is -0.999. The van der Waals surface area contributed by atoms with E-state index in [4.69, 9.17) is 16.3 Å². The minimum Gasteiger partial charge on any atom is -0.467 e. The monoisotopic (exact) mass is 376 g/mol. The van der Waals surface area contributed by atoms with Gasteiger partial charge in [0.15, 0.2) is 6.61 Å². The van der Waals surface area contributed by atoms with Gasteiger partial charge in [0.25, 0.3) is 11.6 Å². The molecule has 2 aromatic carbocycles. The maximum Gasteiger partial charge on any atom is 0.271 e. The second-order valence-electron chi connectivity index (χ2n) is 5.10. The summed E-state index contributed by atoms with van der Waals surface area (Å²) in [4.78, 5) is 30.1. The van der Waals surface area contributed by atoms with Crippen LogP contribution in [0, 0.1) is 15.9 Å². The zero-order valence-corrected chi connectivity index (χ0v) is 13.7. The molecule has 0 unspecified atom stereocenters. The van der Waals surface area contributed by atoms with Crippen LogP contribution in [0.25, 0.3) is 10.9 Å². The molecule has 0 radical (unpaired) electrons. The molecule has 3 aromatic rings. The molecular formula is C16H10ClFN4O4. The van der Waals surface area contributed by atoms with Gasteiger partial charge in [-0.25, -0.2) is 14.4 Å². The lowest BCUT2D eigenvalue weighted by Gasteiger charge is -2.09. The summed E-state index contributed by atoms with van der Waals surface area (Å²) >= 11 is 5.65. The Kier molecular flexibility index (Phi) is 4.90. The number of nitrogens with zero attached hydrogens (tertiary/aromatic N) is 3. The van der Waals surface area contributed by atoms with Gasteiger partial charge in [0.2, 0.25) is 5.88 Å². The molecule has 0 spiro atoms. The molecule has 1 amide bonds. The molecule has 0 aliphatic heterocycles. The number of nitro benzene ring substituents is 1. The average Bonchev–Trinajstić information content (AvgIpc) is 2.62. The number of nitro groups is 1. The number of amides is 1. The van der Waals surface area contributed by atoms with Crippen LogP contribution >= 0.6 is 11.6 Å². The van der Waals surface area contributed by atoms with Crippen molar-refractivity contribution in [1.82, 2.24) is 9.97 Å². The molecule has 26 heavy (non-hydrogen) atoms. The number of nitrogens with one attached hydrogen (secondary N) is 1. The number of ether oxygens (including phenoxy) is 1. The fourth-order valence-corrected chi connectivity index (χ4v) is 2.33. The van der Waals surface area contributed by atoms with Gasteiger partial charge in [-0.2, -0.15) is 0 Å². The summed E-state index contributed by atoms with van der Waals surface area (Å²) in [6.07, 6.45) is 1.18. The van der Waals surface area contributed by atoms with Crippen molar-refractivity contribution in [2.24, 2.45) is 0 Å². The molecule has 0 fully saturated rings. The number of non-ortho nitro benzene ring substituents is 1. The van der Waals surface area contributed by atoms with Crippen LogP contribution in [0.4, 0.5) is 15.8 Å². The number of hydrogen-bond acceptors (Lipinski definition) is 6. The maximum absolute atomic E-state index is 13.1. The Bertz CT molecular complexity index is 1010. The summed E-state index contributed by atoms with van der Waals surface area (Å²) in [7, 11) is 0. The Morgan fingerprint density at radius 1 is 1.27 bits per heavy atom. The zero-order chi connectivity index (χ0) is 18.7. The van der Waals surface area contributed by atoms with Crippen molar-refractivity contribution in [3.8, 4) is 5.88 Å². The van der Waals surface area contributed by atoms with E-state index >= 15 is 0 Å². The first-order valence-corrected chi connectivity index (χ1v) is 7.58. The second-order valence-corrected chi connectivity index (χ2v) is 5.51. The van der Waals surface area contributed by atoms with Gasteiger partial charge in [-0.1, -0.05) is 11.6 Å². The lowest BCUT2D eigenvalue weighted by molar-refractivity contribution is -0.384.